The number of amides is 1. The summed E-state index contributed by atoms with van der Waals surface area (Å²) in [6, 6.07) is 16.0. The lowest BCUT2D eigenvalue weighted by molar-refractivity contribution is 0.0953. The van der Waals surface area contributed by atoms with Gasteiger partial charge in [-0.2, -0.15) is 0 Å². The van der Waals surface area contributed by atoms with Crippen molar-refractivity contribution in [2.45, 2.75) is 52.6 Å². The number of hydrogen-bond donors (Lipinski definition) is 1. The topological polar surface area (TPSA) is 38.3 Å². The van der Waals surface area contributed by atoms with Crippen molar-refractivity contribution in [2.24, 2.45) is 0 Å². The first-order valence-electron chi connectivity index (χ1n) is 9.09. The monoisotopic (exact) mass is 339 g/mol. The van der Waals surface area contributed by atoms with E-state index in [1.165, 1.54) is 11.1 Å². The third kappa shape index (κ3) is 6.26. The van der Waals surface area contributed by atoms with E-state index in [9.17, 15) is 4.79 Å². The zero-order chi connectivity index (χ0) is 18.2. The van der Waals surface area contributed by atoms with E-state index >= 15 is 0 Å². The smallest absolute Gasteiger partial charge is 0.251 e. The van der Waals surface area contributed by atoms with Crippen LogP contribution < -0.4 is 10.1 Å². The predicted octanol–water partition coefficient (Wildman–Crippen LogP) is 4.96. The molecule has 1 N–H and O–H groups in total. The van der Waals surface area contributed by atoms with E-state index < -0.39 is 0 Å². The molecular formula is C22H29NO2. The van der Waals surface area contributed by atoms with Crippen LogP contribution in [0.5, 0.6) is 5.75 Å². The average molecular weight is 339 g/mol. The first-order chi connectivity index (χ1) is 12.0. The number of carbonyl (C=O) groups excluding carboxylic acids is 1. The molecular weight excluding hydrogens is 310 g/mol. The minimum absolute atomic E-state index is 0.0359. The van der Waals surface area contributed by atoms with Gasteiger partial charge in [-0.3, -0.25) is 4.79 Å². The second-order valence-corrected chi connectivity index (χ2v) is 6.95. The summed E-state index contributed by atoms with van der Waals surface area (Å²) in [4.78, 5) is 12.2. The fourth-order valence-electron chi connectivity index (χ4n) is 2.62. The summed E-state index contributed by atoms with van der Waals surface area (Å²) in [5.41, 5.74) is 3.34. The molecule has 0 aromatic heterocycles. The van der Waals surface area contributed by atoms with Crippen molar-refractivity contribution in [3.8, 4) is 5.75 Å². The van der Waals surface area contributed by atoms with Gasteiger partial charge in [0.05, 0.1) is 6.10 Å². The molecule has 2 rings (SSSR count). The lowest BCUT2D eigenvalue weighted by atomic mass is 10.0. The molecule has 134 valence electrons. The van der Waals surface area contributed by atoms with Crippen LogP contribution in [0.3, 0.4) is 0 Å². The van der Waals surface area contributed by atoms with E-state index in [0.29, 0.717) is 18.0 Å². The highest BCUT2D eigenvalue weighted by Crippen LogP contribution is 2.16. The molecule has 0 fully saturated rings. The Morgan fingerprint density at radius 1 is 0.960 bits per heavy atom. The highest BCUT2D eigenvalue weighted by Gasteiger charge is 2.06. The molecule has 0 spiro atoms. The van der Waals surface area contributed by atoms with Gasteiger partial charge in [-0.25, -0.2) is 0 Å². The summed E-state index contributed by atoms with van der Waals surface area (Å²) >= 11 is 0. The first kappa shape index (κ1) is 19.0. The average Bonchev–Trinajstić information content (AvgIpc) is 2.59. The number of hydrogen-bond acceptors (Lipinski definition) is 2. The van der Waals surface area contributed by atoms with Gasteiger partial charge in [-0.05, 0) is 68.0 Å². The highest BCUT2D eigenvalue weighted by atomic mass is 16.5. The summed E-state index contributed by atoms with van der Waals surface area (Å²) < 4.78 is 5.59. The number of nitrogens with one attached hydrogen (secondary N) is 1. The molecule has 0 unspecified atom stereocenters. The summed E-state index contributed by atoms with van der Waals surface area (Å²) in [5, 5.41) is 2.98. The van der Waals surface area contributed by atoms with Crippen molar-refractivity contribution in [3.05, 3.63) is 65.2 Å². The van der Waals surface area contributed by atoms with E-state index in [0.717, 1.165) is 18.6 Å². The number of aryl methyl sites for hydroxylation is 1. The van der Waals surface area contributed by atoms with E-state index in [1.807, 2.05) is 26.0 Å². The first-order valence-corrected chi connectivity index (χ1v) is 9.09. The molecule has 0 saturated carbocycles. The quantitative estimate of drug-likeness (QED) is 0.690. The Bertz CT molecular complexity index is 657. The second-order valence-electron chi connectivity index (χ2n) is 6.95. The maximum absolute atomic E-state index is 12.2. The second kappa shape index (κ2) is 9.26. The minimum atomic E-state index is -0.0359. The zero-order valence-electron chi connectivity index (χ0n) is 15.7. The van der Waals surface area contributed by atoms with E-state index in [-0.39, 0.29) is 12.0 Å². The van der Waals surface area contributed by atoms with Gasteiger partial charge < -0.3 is 10.1 Å². The van der Waals surface area contributed by atoms with Gasteiger partial charge in [0.25, 0.3) is 5.91 Å². The number of ether oxygens (including phenoxy) is 1. The van der Waals surface area contributed by atoms with Gasteiger partial charge in [0.15, 0.2) is 0 Å². The van der Waals surface area contributed by atoms with E-state index in [2.05, 4.69) is 43.4 Å². The third-order valence-corrected chi connectivity index (χ3v) is 4.06. The van der Waals surface area contributed by atoms with E-state index in [1.54, 1.807) is 12.1 Å². The molecule has 0 radical (unpaired) electrons. The molecule has 0 heterocycles. The molecule has 0 bridgehead atoms. The Morgan fingerprint density at radius 3 is 2.16 bits per heavy atom. The summed E-state index contributed by atoms with van der Waals surface area (Å²) in [7, 11) is 0. The van der Waals surface area contributed by atoms with Crippen molar-refractivity contribution in [2.75, 3.05) is 6.54 Å². The molecule has 3 nitrogen and oxygen atoms in total. The van der Waals surface area contributed by atoms with Crippen LogP contribution in [0, 0.1) is 0 Å². The van der Waals surface area contributed by atoms with Gasteiger partial charge >= 0.3 is 0 Å². The van der Waals surface area contributed by atoms with Crippen LogP contribution in [0.25, 0.3) is 0 Å². The van der Waals surface area contributed by atoms with Crippen LogP contribution in [0.2, 0.25) is 0 Å². The van der Waals surface area contributed by atoms with Crippen molar-refractivity contribution in [1.82, 2.24) is 5.32 Å². The van der Waals surface area contributed by atoms with Gasteiger partial charge in [0, 0.05) is 12.1 Å². The molecule has 0 saturated heterocycles. The number of rotatable bonds is 8. The highest BCUT2D eigenvalue weighted by molar-refractivity contribution is 5.94. The Kier molecular flexibility index (Phi) is 7.05. The Morgan fingerprint density at radius 2 is 1.60 bits per heavy atom. The molecule has 0 aliphatic carbocycles. The number of carbonyl (C=O) groups is 1. The fourth-order valence-corrected chi connectivity index (χ4v) is 2.62. The Labute approximate surface area is 151 Å². The Hall–Kier alpha value is -2.29. The number of benzene rings is 2. The van der Waals surface area contributed by atoms with Crippen LogP contribution in [0.15, 0.2) is 48.5 Å². The van der Waals surface area contributed by atoms with Crippen LogP contribution in [0.4, 0.5) is 0 Å². The molecule has 2 aromatic rings. The molecule has 0 aliphatic rings. The largest absolute Gasteiger partial charge is 0.491 e. The van der Waals surface area contributed by atoms with Crippen LogP contribution in [-0.4, -0.2) is 18.6 Å². The standard InChI is InChI=1S/C22H29NO2/c1-16(2)19-9-7-18(8-10-19)6-5-15-23-22(24)20-11-13-21(14-12-20)25-17(3)4/h7-14,16-17H,5-6,15H2,1-4H3,(H,23,24). The molecule has 0 aliphatic heterocycles. The van der Waals surface area contributed by atoms with Crippen LogP contribution >= 0.6 is 0 Å². The predicted molar refractivity (Wildman–Crippen MR) is 103 cm³/mol. The van der Waals surface area contributed by atoms with Crippen molar-refractivity contribution in [3.63, 3.8) is 0 Å². The van der Waals surface area contributed by atoms with Gasteiger partial charge in [0.1, 0.15) is 5.75 Å². The van der Waals surface area contributed by atoms with Crippen molar-refractivity contribution in [1.29, 1.82) is 0 Å². The van der Waals surface area contributed by atoms with Crippen molar-refractivity contribution >= 4 is 5.91 Å². The zero-order valence-corrected chi connectivity index (χ0v) is 15.7. The van der Waals surface area contributed by atoms with E-state index in [4.69, 9.17) is 4.74 Å². The maximum Gasteiger partial charge on any atom is 0.251 e. The lowest BCUT2D eigenvalue weighted by Crippen LogP contribution is -2.24. The Balaban J connectivity index is 1.74. The van der Waals surface area contributed by atoms with Crippen molar-refractivity contribution < 1.29 is 9.53 Å². The van der Waals surface area contributed by atoms with Gasteiger partial charge in [-0.1, -0.05) is 38.1 Å². The molecule has 3 heteroatoms. The molecule has 0 atom stereocenters. The fraction of sp³-hybridized carbons (Fsp3) is 0.409. The minimum Gasteiger partial charge on any atom is -0.491 e. The summed E-state index contributed by atoms with van der Waals surface area (Å²) in [6.45, 7) is 9.04. The third-order valence-electron chi connectivity index (χ3n) is 4.06. The SMILES string of the molecule is CC(C)Oc1ccc(C(=O)NCCCc2ccc(C(C)C)cc2)cc1. The summed E-state index contributed by atoms with van der Waals surface area (Å²) in [5.74, 6) is 1.31. The molecule has 1 amide bonds. The normalized spacial score (nSPS) is 11.0. The maximum atomic E-state index is 12.2. The van der Waals surface area contributed by atoms with Gasteiger partial charge in [0.2, 0.25) is 0 Å². The summed E-state index contributed by atoms with van der Waals surface area (Å²) in [6.07, 6.45) is 2.04. The lowest BCUT2D eigenvalue weighted by Gasteiger charge is -2.10. The van der Waals surface area contributed by atoms with Gasteiger partial charge in [-0.15, -0.1) is 0 Å². The van der Waals surface area contributed by atoms with Crippen LogP contribution in [0.1, 0.15) is 61.5 Å². The molecule has 2 aromatic carbocycles. The molecule has 25 heavy (non-hydrogen) atoms. The van der Waals surface area contributed by atoms with Crippen LogP contribution in [-0.2, 0) is 6.42 Å².